The maximum atomic E-state index is 12.3. The van der Waals surface area contributed by atoms with E-state index >= 15 is 0 Å². The summed E-state index contributed by atoms with van der Waals surface area (Å²) in [4.78, 5) is 13.9. The first-order chi connectivity index (χ1) is 7.49. The Morgan fingerprint density at radius 3 is 2.62 bits per heavy atom. The third kappa shape index (κ3) is 2.66. The second kappa shape index (κ2) is 5.52. The highest BCUT2D eigenvalue weighted by Crippen LogP contribution is 2.32. The van der Waals surface area contributed by atoms with Crippen molar-refractivity contribution < 1.29 is 18.7 Å². The molecule has 0 aliphatic rings. The lowest BCUT2D eigenvalue weighted by atomic mass is 10.1. The van der Waals surface area contributed by atoms with Gasteiger partial charge in [-0.25, -0.2) is 8.78 Å². The fraction of sp³-hybridized carbons (Fsp3) is 0.333. The summed E-state index contributed by atoms with van der Waals surface area (Å²) < 4.78 is 24.5. The summed E-state index contributed by atoms with van der Waals surface area (Å²) in [5.41, 5.74) is -0.194. The standard InChI is InChI=1S/C9H7Cl2F2NO2/c10-5-3-14-7(8(16)9(12)13)6(11)4(5)1-2-15/h2-3,8-9,16H,1H2. The molecular formula is C9H7Cl2F2NO2. The lowest BCUT2D eigenvalue weighted by molar-refractivity contribution is -0.107. The van der Waals surface area contributed by atoms with E-state index in [4.69, 9.17) is 28.3 Å². The van der Waals surface area contributed by atoms with Crippen LogP contribution in [0.5, 0.6) is 0 Å². The Morgan fingerprint density at radius 1 is 1.50 bits per heavy atom. The molecule has 1 atom stereocenters. The summed E-state index contributed by atoms with van der Waals surface area (Å²) in [5.74, 6) is 0. The highest BCUT2D eigenvalue weighted by Gasteiger charge is 2.25. The molecule has 1 N–H and O–H groups in total. The Morgan fingerprint density at radius 2 is 2.12 bits per heavy atom. The van der Waals surface area contributed by atoms with E-state index in [-0.39, 0.29) is 27.7 Å². The Bertz CT molecular complexity index is 401. The number of aldehydes is 1. The van der Waals surface area contributed by atoms with Crippen molar-refractivity contribution in [2.45, 2.75) is 19.0 Å². The van der Waals surface area contributed by atoms with E-state index in [1.54, 1.807) is 0 Å². The van der Waals surface area contributed by atoms with E-state index in [1.807, 2.05) is 0 Å². The smallest absolute Gasteiger partial charge is 0.269 e. The van der Waals surface area contributed by atoms with Crippen LogP contribution in [0.3, 0.4) is 0 Å². The molecule has 7 heteroatoms. The molecule has 0 amide bonds. The van der Waals surface area contributed by atoms with Crippen LogP contribution in [0.4, 0.5) is 8.78 Å². The first kappa shape index (κ1) is 13.3. The molecule has 0 aliphatic heterocycles. The van der Waals surface area contributed by atoms with Crippen LogP contribution >= 0.6 is 23.2 Å². The molecule has 0 radical (unpaired) electrons. The van der Waals surface area contributed by atoms with Gasteiger partial charge in [0.05, 0.1) is 15.7 Å². The van der Waals surface area contributed by atoms with Crippen molar-refractivity contribution in [1.82, 2.24) is 4.98 Å². The second-order valence-corrected chi connectivity index (χ2v) is 3.72. The van der Waals surface area contributed by atoms with Crippen LogP contribution in [0.25, 0.3) is 0 Å². The van der Waals surface area contributed by atoms with Crippen LogP contribution in [-0.4, -0.2) is 22.8 Å². The predicted molar refractivity (Wildman–Crippen MR) is 55.0 cm³/mol. The summed E-state index contributed by atoms with van der Waals surface area (Å²) >= 11 is 11.4. The van der Waals surface area contributed by atoms with Gasteiger partial charge in [0.1, 0.15) is 6.29 Å². The summed E-state index contributed by atoms with van der Waals surface area (Å²) in [7, 11) is 0. The minimum Gasteiger partial charge on any atom is -0.381 e. The minimum atomic E-state index is -3.00. The number of aromatic nitrogens is 1. The molecule has 0 spiro atoms. The van der Waals surface area contributed by atoms with Gasteiger partial charge < -0.3 is 9.90 Å². The zero-order chi connectivity index (χ0) is 12.3. The number of halogens is 4. The molecule has 0 saturated heterocycles. The third-order valence-corrected chi connectivity index (χ3v) is 2.65. The Hall–Kier alpha value is -0.780. The SMILES string of the molecule is O=CCc1c(Cl)cnc(C(O)C(F)F)c1Cl. The Balaban J connectivity index is 3.22. The second-order valence-electron chi connectivity index (χ2n) is 2.93. The number of hydrogen-bond acceptors (Lipinski definition) is 3. The largest absolute Gasteiger partial charge is 0.381 e. The van der Waals surface area contributed by atoms with Gasteiger partial charge in [0.2, 0.25) is 0 Å². The highest BCUT2D eigenvalue weighted by molar-refractivity contribution is 6.36. The molecule has 1 heterocycles. The van der Waals surface area contributed by atoms with Crippen molar-refractivity contribution in [1.29, 1.82) is 0 Å². The number of carbonyl (C=O) groups excluding carboxylic acids is 1. The van der Waals surface area contributed by atoms with Crippen LogP contribution in [0.15, 0.2) is 6.20 Å². The molecule has 1 rings (SSSR count). The summed E-state index contributed by atoms with van der Waals surface area (Å²) in [6.07, 6.45) is -3.60. The molecule has 88 valence electrons. The fourth-order valence-electron chi connectivity index (χ4n) is 1.12. The van der Waals surface area contributed by atoms with Crippen LogP contribution in [0.2, 0.25) is 10.0 Å². The number of aliphatic hydroxyl groups excluding tert-OH is 1. The van der Waals surface area contributed by atoms with Crippen molar-refractivity contribution in [3.8, 4) is 0 Å². The van der Waals surface area contributed by atoms with E-state index in [1.165, 1.54) is 0 Å². The lowest BCUT2D eigenvalue weighted by Gasteiger charge is -2.13. The monoisotopic (exact) mass is 269 g/mol. The highest BCUT2D eigenvalue weighted by atomic mass is 35.5. The maximum Gasteiger partial charge on any atom is 0.269 e. The average Bonchev–Trinajstić information content (AvgIpc) is 2.23. The molecule has 0 saturated carbocycles. The zero-order valence-corrected chi connectivity index (χ0v) is 9.34. The number of aliphatic hydroxyl groups is 1. The molecule has 1 aromatic heterocycles. The summed E-state index contributed by atoms with van der Waals surface area (Å²) in [6.45, 7) is 0. The Labute approximate surface area is 100 Å². The van der Waals surface area contributed by atoms with Gasteiger partial charge in [0, 0.05) is 12.6 Å². The van der Waals surface area contributed by atoms with Gasteiger partial charge >= 0.3 is 0 Å². The Kier molecular flexibility index (Phi) is 4.58. The first-order valence-electron chi connectivity index (χ1n) is 4.21. The van der Waals surface area contributed by atoms with Gasteiger partial charge in [0.25, 0.3) is 6.43 Å². The number of pyridine rings is 1. The predicted octanol–water partition coefficient (Wildman–Crippen LogP) is 2.43. The number of alkyl halides is 2. The minimum absolute atomic E-state index is 0.0994. The van der Waals surface area contributed by atoms with E-state index in [9.17, 15) is 13.6 Å². The van der Waals surface area contributed by atoms with E-state index in [2.05, 4.69) is 4.98 Å². The maximum absolute atomic E-state index is 12.3. The molecule has 0 aromatic carbocycles. The summed E-state index contributed by atoms with van der Waals surface area (Å²) in [6, 6.07) is 0. The molecule has 16 heavy (non-hydrogen) atoms. The summed E-state index contributed by atoms with van der Waals surface area (Å²) in [5, 5.41) is 9.03. The quantitative estimate of drug-likeness (QED) is 0.855. The van der Waals surface area contributed by atoms with E-state index < -0.39 is 12.5 Å². The van der Waals surface area contributed by atoms with E-state index in [0.29, 0.717) is 6.29 Å². The molecule has 1 aromatic rings. The van der Waals surface area contributed by atoms with Gasteiger partial charge in [-0.15, -0.1) is 0 Å². The van der Waals surface area contributed by atoms with Crippen LogP contribution < -0.4 is 0 Å². The molecule has 3 nitrogen and oxygen atoms in total. The number of rotatable bonds is 4. The average molecular weight is 270 g/mol. The number of carbonyl (C=O) groups is 1. The zero-order valence-electron chi connectivity index (χ0n) is 7.83. The topological polar surface area (TPSA) is 50.2 Å². The third-order valence-electron chi connectivity index (χ3n) is 1.90. The number of nitrogens with zero attached hydrogens (tertiary/aromatic N) is 1. The van der Waals surface area contributed by atoms with Crippen molar-refractivity contribution >= 4 is 29.5 Å². The van der Waals surface area contributed by atoms with Gasteiger partial charge in [0.15, 0.2) is 6.10 Å². The molecule has 0 bridgehead atoms. The van der Waals surface area contributed by atoms with Crippen molar-refractivity contribution in [2.24, 2.45) is 0 Å². The van der Waals surface area contributed by atoms with Crippen LogP contribution in [0.1, 0.15) is 17.4 Å². The van der Waals surface area contributed by atoms with Gasteiger partial charge in [-0.1, -0.05) is 23.2 Å². The first-order valence-corrected chi connectivity index (χ1v) is 4.97. The van der Waals surface area contributed by atoms with E-state index in [0.717, 1.165) is 6.20 Å². The lowest BCUT2D eigenvalue weighted by Crippen LogP contribution is -2.12. The van der Waals surface area contributed by atoms with Gasteiger partial charge in [-0.2, -0.15) is 0 Å². The normalized spacial score (nSPS) is 12.9. The van der Waals surface area contributed by atoms with Gasteiger partial charge in [-0.3, -0.25) is 4.98 Å². The van der Waals surface area contributed by atoms with Crippen molar-refractivity contribution in [2.75, 3.05) is 0 Å². The number of hydrogen-bond donors (Lipinski definition) is 1. The van der Waals surface area contributed by atoms with Crippen LogP contribution in [-0.2, 0) is 11.2 Å². The fourth-order valence-corrected chi connectivity index (χ4v) is 1.72. The molecule has 0 fully saturated rings. The van der Waals surface area contributed by atoms with Crippen molar-refractivity contribution in [3.05, 3.63) is 27.5 Å². The van der Waals surface area contributed by atoms with Crippen LogP contribution in [0, 0.1) is 0 Å². The molecular weight excluding hydrogens is 263 g/mol. The molecule has 0 aliphatic carbocycles. The molecule has 1 unspecified atom stereocenters. The van der Waals surface area contributed by atoms with Crippen molar-refractivity contribution in [3.63, 3.8) is 0 Å². The van der Waals surface area contributed by atoms with Gasteiger partial charge in [-0.05, 0) is 5.56 Å².